The highest BCUT2D eigenvalue weighted by atomic mass is 16.5. The number of aromatic nitrogens is 2. The minimum atomic E-state index is -0.318. The molecule has 1 aromatic heterocycles. The van der Waals surface area contributed by atoms with Crippen molar-refractivity contribution in [3.05, 3.63) is 6.20 Å². The third-order valence-electron chi connectivity index (χ3n) is 4.77. The lowest BCUT2D eigenvalue weighted by molar-refractivity contribution is -0.138. The van der Waals surface area contributed by atoms with E-state index in [1.54, 1.807) is 6.20 Å². The summed E-state index contributed by atoms with van der Waals surface area (Å²) in [6.45, 7) is 10.2. The Morgan fingerprint density at radius 2 is 2.00 bits per heavy atom. The molecule has 152 valence electrons. The lowest BCUT2D eigenvalue weighted by Crippen LogP contribution is -2.42. The fraction of sp³-hybridized carbons (Fsp3) is 0.737. The van der Waals surface area contributed by atoms with Gasteiger partial charge >= 0.3 is 0 Å². The van der Waals surface area contributed by atoms with Crippen LogP contribution >= 0.6 is 0 Å². The van der Waals surface area contributed by atoms with Crippen LogP contribution in [0.15, 0.2) is 6.20 Å². The number of hydrogen-bond donors (Lipinski definition) is 4. The zero-order chi connectivity index (χ0) is 19.9. The molecule has 8 nitrogen and oxygen atoms in total. The monoisotopic (exact) mass is 378 g/mol. The van der Waals surface area contributed by atoms with E-state index in [9.17, 15) is 4.79 Å². The first kappa shape index (κ1) is 21.2. The minimum Gasteiger partial charge on any atom is -0.462 e. The summed E-state index contributed by atoms with van der Waals surface area (Å²) < 4.78 is 4.55. The number of nitrogen functional groups attached to an aromatic ring is 1. The van der Waals surface area contributed by atoms with Gasteiger partial charge in [0.05, 0.1) is 11.9 Å². The second kappa shape index (κ2) is 9.21. The average Bonchev–Trinajstić information content (AvgIpc) is 2.57. The number of carbonyl (C=O) groups is 1. The van der Waals surface area contributed by atoms with Crippen LogP contribution < -0.4 is 21.7 Å². The maximum atomic E-state index is 9.60. The second-order valence-electron chi connectivity index (χ2n) is 8.53. The predicted octanol–water partition coefficient (Wildman–Crippen LogP) is 2.54. The molecule has 2 heterocycles. The van der Waals surface area contributed by atoms with Crippen molar-refractivity contribution in [2.45, 2.75) is 77.0 Å². The van der Waals surface area contributed by atoms with E-state index in [4.69, 9.17) is 5.73 Å². The molecule has 0 spiro atoms. The zero-order valence-corrected chi connectivity index (χ0v) is 17.0. The molecular formula is C19H34N6O2. The van der Waals surface area contributed by atoms with E-state index in [1.807, 2.05) is 20.8 Å². The molecule has 1 saturated carbocycles. The maximum absolute atomic E-state index is 9.60. The van der Waals surface area contributed by atoms with Crippen molar-refractivity contribution in [3.8, 4) is 0 Å². The molecule has 1 aromatic rings. The third-order valence-corrected chi connectivity index (χ3v) is 4.77. The second-order valence-corrected chi connectivity index (χ2v) is 8.53. The molecule has 1 aliphatic carbocycles. The van der Waals surface area contributed by atoms with Gasteiger partial charge in [0.15, 0.2) is 5.82 Å². The number of nitrogens with one attached hydrogen (secondary N) is 3. The van der Waals surface area contributed by atoms with E-state index in [0.717, 1.165) is 31.7 Å². The van der Waals surface area contributed by atoms with Gasteiger partial charge in [0.2, 0.25) is 5.95 Å². The van der Waals surface area contributed by atoms with Crippen molar-refractivity contribution in [2.24, 2.45) is 0 Å². The van der Waals surface area contributed by atoms with E-state index in [-0.39, 0.29) is 11.1 Å². The standard InChI is InChI=1S/C14H24N6.C5H10O2/c1-14(5-2-6-14)20-13-17-9-11(15)12(19-13)18-10-3-7-16-8-4-10;1-5(2,3)7-4-6/h9-10,16H,2-8,15H2,1H3,(H2,17,18,19,20);4H,1-3H3. The van der Waals surface area contributed by atoms with E-state index in [0.29, 0.717) is 24.1 Å². The molecule has 1 aliphatic heterocycles. The molecule has 2 fully saturated rings. The molecule has 2 aliphatic rings. The first-order chi connectivity index (χ1) is 12.7. The quantitative estimate of drug-likeness (QED) is 0.578. The molecule has 0 unspecified atom stereocenters. The summed E-state index contributed by atoms with van der Waals surface area (Å²) in [4.78, 5) is 18.5. The predicted molar refractivity (Wildman–Crippen MR) is 109 cm³/mol. The van der Waals surface area contributed by atoms with Crippen LogP contribution in [-0.2, 0) is 9.53 Å². The van der Waals surface area contributed by atoms with Crippen LogP contribution in [0.4, 0.5) is 17.5 Å². The van der Waals surface area contributed by atoms with Gasteiger partial charge in [-0.3, -0.25) is 4.79 Å². The van der Waals surface area contributed by atoms with Gasteiger partial charge in [-0.1, -0.05) is 0 Å². The van der Waals surface area contributed by atoms with Gasteiger partial charge in [-0.2, -0.15) is 4.98 Å². The Hall–Kier alpha value is -2.09. The van der Waals surface area contributed by atoms with Crippen LogP contribution in [0, 0.1) is 0 Å². The number of nitrogens with two attached hydrogens (primary N) is 1. The highest BCUT2D eigenvalue weighted by Gasteiger charge is 2.32. The Labute approximate surface area is 162 Å². The van der Waals surface area contributed by atoms with E-state index >= 15 is 0 Å². The summed E-state index contributed by atoms with van der Waals surface area (Å²) in [6, 6.07) is 0.445. The molecule has 0 atom stereocenters. The molecule has 0 aromatic carbocycles. The van der Waals surface area contributed by atoms with E-state index < -0.39 is 0 Å². The van der Waals surface area contributed by atoms with Crippen molar-refractivity contribution in [3.63, 3.8) is 0 Å². The number of anilines is 3. The molecule has 0 amide bonds. The van der Waals surface area contributed by atoms with Crippen LogP contribution in [0.5, 0.6) is 0 Å². The lowest BCUT2D eigenvalue weighted by Gasteiger charge is -2.39. The van der Waals surface area contributed by atoms with E-state index in [2.05, 4.69) is 37.6 Å². The molecular weight excluding hydrogens is 344 g/mol. The van der Waals surface area contributed by atoms with Gasteiger partial charge in [-0.25, -0.2) is 4.98 Å². The maximum Gasteiger partial charge on any atom is 0.293 e. The molecule has 3 rings (SSSR count). The molecule has 0 bridgehead atoms. The van der Waals surface area contributed by atoms with Gasteiger partial charge in [-0.05, 0) is 72.9 Å². The number of carbonyl (C=O) groups excluding carboxylic acids is 1. The van der Waals surface area contributed by atoms with Crippen LogP contribution in [0.25, 0.3) is 0 Å². The Kier molecular flexibility index (Phi) is 7.24. The number of piperidine rings is 1. The highest BCUT2D eigenvalue weighted by Crippen LogP contribution is 2.34. The van der Waals surface area contributed by atoms with Crippen molar-refractivity contribution < 1.29 is 9.53 Å². The van der Waals surface area contributed by atoms with Crippen molar-refractivity contribution in [2.75, 3.05) is 29.5 Å². The van der Waals surface area contributed by atoms with Crippen molar-refractivity contribution >= 4 is 23.9 Å². The summed E-state index contributed by atoms with van der Waals surface area (Å²) in [6.07, 6.45) is 7.53. The summed E-state index contributed by atoms with van der Waals surface area (Å²) >= 11 is 0. The SMILES string of the molecule is CC(C)(C)OC=O.CC1(Nc2ncc(N)c(NC3CCNCC3)n2)CCC1. The number of nitrogens with zero attached hydrogens (tertiary/aromatic N) is 2. The summed E-state index contributed by atoms with van der Waals surface area (Å²) in [5.74, 6) is 1.44. The molecule has 5 N–H and O–H groups in total. The zero-order valence-electron chi connectivity index (χ0n) is 17.0. The fourth-order valence-electron chi connectivity index (χ4n) is 2.97. The molecule has 1 saturated heterocycles. The number of rotatable bonds is 5. The Bertz CT molecular complexity index is 607. The average molecular weight is 379 g/mol. The first-order valence-corrected chi connectivity index (χ1v) is 9.70. The minimum absolute atomic E-state index is 0.155. The largest absolute Gasteiger partial charge is 0.462 e. The van der Waals surface area contributed by atoms with Crippen LogP contribution in [0.3, 0.4) is 0 Å². The Morgan fingerprint density at radius 1 is 1.33 bits per heavy atom. The Morgan fingerprint density at radius 3 is 2.48 bits per heavy atom. The van der Waals surface area contributed by atoms with E-state index in [1.165, 1.54) is 19.3 Å². The Balaban J connectivity index is 0.000000321. The van der Waals surface area contributed by atoms with Gasteiger partial charge < -0.3 is 26.4 Å². The van der Waals surface area contributed by atoms with Gasteiger partial charge in [0.25, 0.3) is 6.47 Å². The molecule has 8 heteroatoms. The summed E-state index contributed by atoms with van der Waals surface area (Å²) in [5, 5.41) is 10.2. The van der Waals surface area contributed by atoms with Crippen LogP contribution in [0.1, 0.15) is 59.8 Å². The van der Waals surface area contributed by atoms with Crippen molar-refractivity contribution in [1.82, 2.24) is 15.3 Å². The first-order valence-electron chi connectivity index (χ1n) is 9.70. The number of hydrogen-bond acceptors (Lipinski definition) is 8. The lowest BCUT2D eigenvalue weighted by atomic mass is 9.79. The number of ether oxygens (including phenoxy) is 1. The topological polar surface area (TPSA) is 114 Å². The summed E-state index contributed by atoms with van der Waals surface area (Å²) in [5.41, 5.74) is 6.44. The van der Waals surface area contributed by atoms with Crippen LogP contribution in [0.2, 0.25) is 0 Å². The normalized spacial score (nSPS) is 19.1. The summed E-state index contributed by atoms with van der Waals surface area (Å²) in [7, 11) is 0. The van der Waals surface area contributed by atoms with Crippen molar-refractivity contribution in [1.29, 1.82) is 0 Å². The van der Waals surface area contributed by atoms with Gasteiger partial charge in [0.1, 0.15) is 5.60 Å². The fourth-order valence-corrected chi connectivity index (χ4v) is 2.97. The van der Waals surface area contributed by atoms with Crippen LogP contribution in [-0.4, -0.2) is 46.7 Å². The third kappa shape index (κ3) is 7.21. The highest BCUT2D eigenvalue weighted by molar-refractivity contribution is 5.62. The van der Waals surface area contributed by atoms with Gasteiger partial charge in [0, 0.05) is 11.6 Å². The van der Waals surface area contributed by atoms with Gasteiger partial charge in [-0.15, -0.1) is 0 Å². The smallest absolute Gasteiger partial charge is 0.293 e. The molecule has 27 heavy (non-hydrogen) atoms. The molecule has 0 radical (unpaired) electrons.